The molecule has 1 aliphatic rings. The topological polar surface area (TPSA) is 50.6 Å². The smallest absolute Gasteiger partial charge is 0.223 e. The molecule has 0 N–H and O–H groups in total. The minimum absolute atomic E-state index is 0.595. The van der Waals surface area contributed by atoms with Crippen molar-refractivity contribution in [3.05, 3.63) is 35.5 Å². The maximum atomic E-state index is 6.09. The third-order valence-electron chi connectivity index (χ3n) is 5.03. The second kappa shape index (κ2) is 9.92. The van der Waals surface area contributed by atoms with Gasteiger partial charge in [0.1, 0.15) is 5.75 Å². The second-order valence-corrected chi connectivity index (χ2v) is 8.65. The van der Waals surface area contributed by atoms with E-state index in [9.17, 15) is 0 Å². The third-order valence-corrected chi connectivity index (χ3v) is 6.25. The highest BCUT2D eigenvalue weighted by Gasteiger charge is 2.16. The molecule has 0 bridgehead atoms. The van der Waals surface area contributed by atoms with Crippen LogP contribution in [0, 0.1) is 13.8 Å². The Hall–Kier alpha value is -2.08. The standard InChI is InChI=1S/C22H30N4OS/c1-5-26(4)15-24-19-13-17(3)20(14-16(19)2)27-21-11-12-23-22(25-21)28-18-9-7-6-8-10-18/h11-15,18H,5-10H2,1-4H3/b24-15+. The molecular formula is C22H30N4OS. The van der Waals surface area contributed by atoms with Gasteiger partial charge in [0.25, 0.3) is 0 Å². The fourth-order valence-electron chi connectivity index (χ4n) is 3.15. The predicted octanol–water partition coefficient (Wildman–Crippen LogP) is 5.92. The summed E-state index contributed by atoms with van der Waals surface area (Å²) in [6, 6.07) is 5.91. The Morgan fingerprint density at radius 3 is 2.75 bits per heavy atom. The Morgan fingerprint density at radius 1 is 1.21 bits per heavy atom. The minimum atomic E-state index is 0.595. The number of aromatic nitrogens is 2. The fourth-order valence-corrected chi connectivity index (χ4v) is 4.28. The van der Waals surface area contributed by atoms with Gasteiger partial charge in [0.05, 0.1) is 12.0 Å². The Morgan fingerprint density at radius 2 is 2.00 bits per heavy atom. The van der Waals surface area contributed by atoms with E-state index in [1.807, 2.05) is 37.3 Å². The molecule has 0 unspecified atom stereocenters. The van der Waals surface area contributed by atoms with Gasteiger partial charge in [0, 0.05) is 31.1 Å². The van der Waals surface area contributed by atoms with Crippen LogP contribution in [0.3, 0.4) is 0 Å². The molecule has 2 aromatic rings. The maximum Gasteiger partial charge on any atom is 0.223 e. The lowest BCUT2D eigenvalue weighted by molar-refractivity contribution is 0.451. The molecule has 1 saturated carbocycles. The van der Waals surface area contributed by atoms with Crippen LogP contribution in [0.1, 0.15) is 50.2 Å². The molecule has 6 heteroatoms. The first kappa shape index (κ1) is 20.6. The highest BCUT2D eigenvalue weighted by atomic mass is 32.2. The van der Waals surface area contributed by atoms with Crippen LogP contribution in [-0.4, -0.2) is 40.0 Å². The average molecular weight is 399 g/mol. The van der Waals surface area contributed by atoms with Crippen LogP contribution in [0.5, 0.6) is 11.6 Å². The summed E-state index contributed by atoms with van der Waals surface area (Å²) in [7, 11) is 2.02. The highest BCUT2D eigenvalue weighted by Crippen LogP contribution is 2.34. The van der Waals surface area contributed by atoms with Crippen molar-refractivity contribution in [3.8, 4) is 11.6 Å². The van der Waals surface area contributed by atoms with Crippen molar-refractivity contribution >= 4 is 23.8 Å². The number of rotatable bonds is 7. The molecule has 0 atom stereocenters. The zero-order valence-corrected chi connectivity index (χ0v) is 18.1. The van der Waals surface area contributed by atoms with Crippen LogP contribution in [0.4, 0.5) is 5.69 Å². The molecule has 0 spiro atoms. The number of thioether (sulfide) groups is 1. The Balaban J connectivity index is 1.71. The van der Waals surface area contributed by atoms with Crippen molar-refractivity contribution < 1.29 is 4.74 Å². The normalized spacial score (nSPS) is 15.1. The predicted molar refractivity (Wildman–Crippen MR) is 117 cm³/mol. The van der Waals surface area contributed by atoms with Crippen molar-refractivity contribution in [2.45, 2.75) is 63.3 Å². The summed E-state index contributed by atoms with van der Waals surface area (Å²) in [5.74, 6) is 1.41. The Kier molecular flexibility index (Phi) is 7.31. The molecule has 1 aromatic carbocycles. The van der Waals surface area contributed by atoms with E-state index in [1.165, 1.54) is 32.1 Å². The summed E-state index contributed by atoms with van der Waals surface area (Å²) in [6.45, 7) is 7.12. The van der Waals surface area contributed by atoms with E-state index >= 15 is 0 Å². The van der Waals surface area contributed by atoms with Crippen LogP contribution in [0.25, 0.3) is 0 Å². The SMILES string of the molecule is CCN(C)/C=N/c1cc(C)c(Oc2ccnc(SC3CCCCC3)n2)cc1C. The van der Waals surface area contributed by atoms with Gasteiger partial charge >= 0.3 is 0 Å². The summed E-state index contributed by atoms with van der Waals surface area (Å²) in [5, 5.41) is 1.44. The van der Waals surface area contributed by atoms with E-state index in [4.69, 9.17) is 4.74 Å². The summed E-state index contributed by atoms with van der Waals surface area (Å²) in [5.41, 5.74) is 3.07. The number of hydrogen-bond donors (Lipinski definition) is 0. The molecule has 5 nitrogen and oxygen atoms in total. The lowest BCUT2D eigenvalue weighted by Gasteiger charge is -2.20. The Bertz CT molecular complexity index is 818. The van der Waals surface area contributed by atoms with Gasteiger partial charge in [-0.25, -0.2) is 9.98 Å². The van der Waals surface area contributed by atoms with Crippen LogP contribution < -0.4 is 4.74 Å². The zero-order valence-electron chi connectivity index (χ0n) is 17.3. The van der Waals surface area contributed by atoms with Crippen molar-refractivity contribution in [1.82, 2.24) is 14.9 Å². The van der Waals surface area contributed by atoms with Gasteiger partial charge in [0.2, 0.25) is 5.88 Å². The molecule has 1 heterocycles. The van der Waals surface area contributed by atoms with E-state index < -0.39 is 0 Å². The number of aliphatic imine (C=N–C) groups is 1. The molecule has 0 aliphatic heterocycles. The van der Waals surface area contributed by atoms with E-state index in [1.54, 1.807) is 18.0 Å². The van der Waals surface area contributed by atoms with Crippen LogP contribution in [0.2, 0.25) is 0 Å². The first-order chi connectivity index (χ1) is 13.5. The highest BCUT2D eigenvalue weighted by molar-refractivity contribution is 7.99. The largest absolute Gasteiger partial charge is 0.439 e. The molecule has 3 rings (SSSR count). The summed E-state index contributed by atoms with van der Waals surface area (Å²) in [4.78, 5) is 15.7. The van der Waals surface area contributed by atoms with Crippen molar-refractivity contribution in [2.24, 2.45) is 4.99 Å². The lowest BCUT2D eigenvalue weighted by Crippen LogP contribution is -2.14. The average Bonchev–Trinajstić information content (AvgIpc) is 2.70. The number of ether oxygens (including phenoxy) is 1. The number of aryl methyl sites for hydroxylation is 2. The van der Waals surface area contributed by atoms with Gasteiger partial charge in [-0.2, -0.15) is 4.98 Å². The molecular weight excluding hydrogens is 368 g/mol. The third kappa shape index (κ3) is 5.71. The first-order valence-electron chi connectivity index (χ1n) is 10.1. The molecule has 0 saturated heterocycles. The number of hydrogen-bond acceptors (Lipinski definition) is 5. The van der Waals surface area contributed by atoms with Crippen LogP contribution in [-0.2, 0) is 0 Å². The van der Waals surface area contributed by atoms with Crippen molar-refractivity contribution in [1.29, 1.82) is 0 Å². The Labute approximate surface area is 172 Å². The molecule has 150 valence electrons. The van der Waals surface area contributed by atoms with Gasteiger partial charge in [-0.15, -0.1) is 0 Å². The summed E-state index contributed by atoms with van der Waals surface area (Å²) >= 11 is 1.78. The van der Waals surface area contributed by atoms with E-state index in [0.717, 1.165) is 34.3 Å². The molecule has 1 aromatic heterocycles. The maximum absolute atomic E-state index is 6.09. The van der Waals surface area contributed by atoms with E-state index in [0.29, 0.717) is 11.1 Å². The second-order valence-electron chi connectivity index (χ2n) is 7.38. The minimum Gasteiger partial charge on any atom is -0.439 e. The van der Waals surface area contributed by atoms with Gasteiger partial charge in [-0.3, -0.25) is 0 Å². The number of nitrogens with zero attached hydrogens (tertiary/aromatic N) is 4. The summed E-state index contributed by atoms with van der Waals surface area (Å²) in [6.07, 6.45) is 10.1. The van der Waals surface area contributed by atoms with E-state index in [-0.39, 0.29) is 0 Å². The molecule has 28 heavy (non-hydrogen) atoms. The molecule has 0 amide bonds. The van der Waals surface area contributed by atoms with Gasteiger partial charge in [-0.05, 0) is 56.9 Å². The fraction of sp³-hybridized carbons (Fsp3) is 0.500. The lowest BCUT2D eigenvalue weighted by atomic mass is 10.0. The molecule has 1 aliphatic carbocycles. The van der Waals surface area contributed by atoms with Gasteiger partial charge in [-0.1, -0.05) is 31.0 Å². The molecule has 0 radical (unpaired) electrons. The van der Waals surface area contributed by atoms with Gasteiger partial charge < -0.3 is 9.64 Å². The number of benzene rings is 1. The first-order valence-corrected chi connectivity index (χ1v) is 11.0. The summed E-state index contributed by atoms with van der Waals surface area (Å²) < 4.78 is 6.09. The quantitative estimate of drug-likeness (QED) is 0.329. The van der Waals surface area contributed by atoms with Crippen LogP contribution in [0.15, 0.2) is 34.5 Å². The van der Waals surface area contributed by atoms with Gasteiger partial charge in [0.15, 0.2) is 5.16 Å². The van der Waals surface area contributed by atoms with E-state index in [2.05, 4.69) is 34.9 Å². The van der Waals surface area contributed by atoms with Crippen LogP contribution >= 0.6 is 11.8 Å². The van der Waals surface area contributed by atoms with Crippen molar-refractivity contribution in [3.63, 3.8) is 0 Å². The monoisotopic (exact) mass is 398 g/mol. The zero-order chi connectivity index (χ0) is 19.9. The van der Waals surface area contributed by atoms with Crippen molar-refractivity contribution in [2.75, 3.05) is 13.6 Å². The molecule has 1 fully saturated rings.